The van der Waals surface area contributed by atoms with Gasteiger partial charge >= 0.3 is 0 Å². The molecule has 1 aromatic heterocycles. The smallest absolute Gasteiger partial charge is 0.230 e. The van der Waals surface area contributed by atoms with Crippen molar-refractivity contribution in [1.29, 1.82) is 0 Å². The summed E-state index contributed by atoms with van der Waals surface area (Å²) in [4.78, 5) is 19.5. The van der Waals surface area contributed by atoms with E-state index in [0.717, 1.165) is 17.7 Å². The fourth-order valence-electron chi connectivity index (χ4n) is 1.69. The second-order valence-electron chi connectivity index (χ2n) is 4.33. The molecule has 1 N–H and O–H groups in total. The highest BCUT2D eigenvalue weighted by atomic mass is 32.2. The van der Waals surface area contributed by atoms with Crippen LogP contribution < -0.4 is 5.32 Å². The molecular weight excluding hydrogens is 270 g/mol. The first-order valence-corrected chi connectivity index (χ1v) is 7.62. The van der Waals surface area contributed by atoms with E-state index in [1.54, 1.807) is 24.2 Å². The molecule has 0 aliphatic carbocycles. The Balaban J connectivity index is 1.59. The van der Waals surface area contributed by atoms with Crippen LogP contribution in [0.2, 0.25) is 0 Å². The van der Waals surface area contributed by atoms with Crippen LogP contribution in [0.25, 0.3) is 0 Å². The van der Waals surface area contributed by atoms with Crippen LogP contribution in [0.1, 0.15) is 11.1 Å². The van der Waals surface area contributed by atoms with E-state index < -0.39 is 0 Å². The van der Waals surface area contributed by atoms with Crippen LogP contribution in [0.5, 0.6) is 0 Å². The quantitative estimate of drug-likeness (QED) is 0.847. The third-order valence-corrected chi connectivity index (χ3v) is 3.70. The molecule has 0 unspecified atom stereocenters. The summed E-state index contributed by atoms with van der Waals surface area (Å²) in [7, 11) is 0. The van der Waals surface area contributed by atoms with Crippen molar-refractivity contribution < 1.29 is 4.79 Å². The van der Waals surface area contributed by atoms with Crippen molar-refractivity contribution in [3.8, 4) is 0 Å². The first-order valence-electron chi connectivity index (χ1n) is 6.47. The largest absolute Gasteiger partial charge is 0.355 e. The monoisotopic (exact) mass is 287 g/mol. The Bertz CT molecular complexity index is 472. The number of carbonyl (C=O) groups is 1. The number of benzene rings is 1. The van der Waals surface area contributed by atoms with Crippen LogP contribution in [0.3, 0.4) is 0 Å². The van der Waals surface area contributed by atoms with Gasteiger partial charge in [0.2, 0.25) is 5.91 Å². The topological polar surface area (TPSA) is 54.9 Å². The molecule has 2 aromatic rings. The fourth-order valence-corrected chi connectivity index (χ4v) is 2.51. The van der Waals surface area contributed by atoms with Crippen molar-refractivity contribution in [2.24, 2.45) is 0 Å². The molecule has 0 aliphatic rings. The van der Waals surface area contributed by atoms with E-state index in [1.807, 2.05) is 18.2 Å². The second kappa shape index (κ2) is 8.32. The highest BCUT2D eigenvalue weighted by Gasteiger charge is 2.02. The lowest BCUT2D eigenvalue weighted by atomic mass is 10.2. The predicted molar refractivity (Wildman–Crippen MR) is 81.3 cm³/mol. The van der Waals surface area contributed by atoms with E-state index in [9.17, 15) is 4.79 Å². The third kappa shape index (κ3) is 5.40. The van der Waals surface area contributed by atoms with E-state index >= 15 is 0 Å². The first kappa shape index (κ1) is 14.5. The number of hydrogen-bond acceptors (Lipinski definition) is 4. The zero-order valence-electron chi connectivity index (χ0n) is 11.2. The van der Waals surface area contributed by atoms with Crippen molar-refractivity contribution in [3.05, 3.63) is 60.2 Å². The average molecular weight is 287 g/mol. The average Bonchev–Trinajstić information content (AvgIpc) is 2.49. The molecule has 1 heterocycles. The van der Waals surface area contributed by atoms with Crippen LogP contribution in [0, 0.1) is 0 Å². The maximum absolute atomic E-state index is 11.7. The number of hydrogen-bond donors (Lipinski definition) is 1. The van der Waals surface area contributed by atoms with Gasteiger partial charge in [-0.15, -0.1) is 11.8 Å². The molecule has 0 spiro atoms. The Morgan fingerprint density at radius 2 is 1.85 bits per heavy atom. The van der Waals surface area contributed by atoms with Crippen molar-refractivity contribution in [2.45, 2.75) is 12.2 Å². The SMILES string of the molecule is O=C(CSCc1ccccc1)NCCc1cncnc1. The predicted octanol–water partition coefficient (Wildman–Crippen LogP) is 2.07. The molecule has 0 bridgehead atoms. The molecule has 0 saturated heterocycles. The summed E-state index contributed by atoms with van der Waals surface area (Å²) in [6.45, 7) is 0.623. The molecule has 1 amide bonds. The molecule has 0 aliphatic heterocycles. The summed E-state index contributed by atoms with van der Waals surface area (Å²) in [6.07, 6.45) is 5.80. The maximum Gasteiger partial charge on any atom is 0.230 e. The molecule has 5 heteroatoms. The maximum atomic E-state index is 11.7. The number of rotatable bonds is 7. The summed E-state index contributed by atoms with van der Waals surface area (Å²) in [6, 6.07) is 10.2. The highest BCUT2D eigenvalue weighted by molar-refractivity contribution is 7.99. The first-order chi connectivity index (χ1) is 9.84. The lowest BCUT2D eigenvalue weighted by molar-refractivity contribution is -0.118. The zero-order valence-corrected chi connectivity index (χ0v) is 12.0. The lowest BCUT2D eigenvalue weighted by Gasteiger charge is -2.05. The van der Waals surface area contributed by atoms with Gasteiger partial charge in [-0.25, -0.2) is 9.97 Å². The van der Waals surface area contributed by atoms with E-state index in [-0.39, 0.29) is 5.91 Å². The Morgan fingerprint density at radius 1 is 1.10 bits per heavy atom. The second-order valence-corrected chi connectivity index (χ2v) is 5.31. The number of amides is 1. The van der Waals surface area contributed by atoms with Gasteiger partial charge in [-0.1, -0.05) is 30.3 Å². The van der Waals surface area contributed by atoms with Gasteiger partial charge < -0.3 is 5.32 Å². The number of aromatic nitrogens is 2. The molecule has 104 valence electrons. The minimum Gasteiger partial charge on any atom is -0.355 e. The Labute approximate surface area is 123 Å². The molecule has 1 aromatic carbocycles. The molecule has 2 rings (SSSR count). The van der Waals surface area contributed by atoms with E-state index in [1.165, 1.54) is 11.9 Å². The molecule has 0 saturated carbocycles. The Hall–Kier alpha value is -1.88. The summed E-state index contributed by atoms with van der Waals surface area (Å²) < 4.78 is 0. The van der Waals surface area contributed by atoms with Gasteiger partial charge in [0.05, 0.1) is 5.75 Å². The van der Waals surface area contributed by atoms with Crippen LogP contribution in [0.4, 0.5) is 0 Å². The van der Waals surface area contributed by atoms with Gasteiger partial charge in [-0.3, -0.25) is 4.79 Å². The lowest BCUT2D eigenvalue weighted by Crippen LogP contribution is -2.27. The molecule has 20 heavy (non-hydrogen) atoms. The minimum absolute atomic E-state index is 0.0720. The fraction of sp³-hybridized carbons (Fsp3) is 0.267. The molecule has 0 radical (unpaired) electrons. The normalized spacial score (nSPS) is 10.2. The molecule has 4 nitrogen and oxygen atoms in total. The van der Waals surface area contributed by atoms with Crippen LogP contribution in [-0.4, -0.2) is 28.2 Å². The van der Waals surface area contributed by atoms with E-state index in [4.69, 9.17) is 0 Å². The summed E-state index contributed by atoms with van der Waals surface area (Å²) in [5, 5.41) is 2.90. The van der Waals surface area contributed by atoms with E-state index in [2.05, 4.69) is 27.4 Å². The Kier molecular flexibility index (Phi) is 6.05. The van der Waals surface area contributed by atoms with Gasteiger partial charge in [0, 0.05) is 24.7 Å². The summed E-state index contributed by atoms with van der Waals surface area (Å²) in [5.41, 5.74) is 2.27. The Morgan fingerprint density at radius 3 is 2.60 bits per heavy atom. The zero-order chi connectivity index (χ0) is 14.0. The van der Waals surface area contributed by atoms with Crippen LogP contribution in [-0.2, 0) is 17.0 Å². The van der Waals surface area contributed by atoms with Gasteiger partial charge in [0.1, 0.15) is 6.33 Å². The van der Waals surface area contributed by atoms with Crippen molar-refractivity contribution in [1.82, 2.24) is 15.3 Å². The number of nitrogens with one attached hydrogen (secondary N) is 1. The minimum atomic E-state index is 0.0720. The van der Waals surface area contributed by atoms with Gasteiger partial charge in [-0.2, -0.15) is 0 Å². The van der Waals surface area contributed by atoms with Crippen LogP contribution in [0.15, 0.2) is 49.1 Å². The molecule has 0 atom stereocenters. The van der Waals surface area contributed by atoms with Crippen molar-refractivity contribution in [3.63, 3.8) is 0 Å². The molecular formula is C15H17N3OS. The molecule has 0 fully saturated rings. The van der Waals surface area contributed by atoms with E-state index in [0.29, 0.717) is 12.3 Å². The third-order valence-electron chi connectivity index (χ3n) is 2.69. The van der Waals surface area contributed by atoms with Gasteiger partial charge in [0.25, 0.3) is 0 Å². The van der Waals surface area contributed by atoms with Crippen molar-refractivity contribution in [2.75, 3.05) is 12.3 Å². The summed E-state index contributed by atoms with van der Waals surface area (Å²) in [5.74, 6) is 1.42. The highest BCUT2D eigenvalue weighted by Crippen LogP contribution is 2.10. The number of carbonyl (C=O) groups excluding carboxylic acids is 1. The van der Waals surface area contributed by atoms with Gasteiger partial charge in [-0.05, 0) is 17.5 Å². The number of nitrogens with zero attached hydrogens (tertiary/aromatic N) is 2. The van der Waals surface area contributed by atoms with Crippen LogP contribution >= 0.6 is 11.8 Å². The standard InChI is InChI=1S/C15H17N3OS/c19-15(11-20-10-13-4-2-1-3-5-13)18-7-6-14-8-16-12-17-9-14/h1-5,8-9,12H,6-7,10-11H2,(H,18,19). The summed E-state index contributed by atoms with van der Waals surface area (Å²) >= 11 is 1.62. The van der Waals surface area contributed by atoms with Crippen molar-refractivity contribution >= 4 is 17.7 Å². The number of thioether (sulfide) groups is 1. The van der Waals surface area contributed by atoms with Gasteiger partial charge in [0.15, 0.2) is 0 Å².